The molecule has 3 rings (SSSR count). The van der Waals surface area contributed by atoms with Crippen molar-refractivity contribution in [1.29, 1.82) is 0 Å². The maximum atomic E-state index is 13.4. The van der Waals surface area contributed by atoms with Gasteiger partial charge in [0.2, 0.25) is 5.88 Å². The van der Waals surface area contributed by atoms with Crippen LogP contribution in [-0.2, 0) is 6.54 Å². The Bertz CT molecular complexity index is 879. The van der Waals surface area contributed by atoms with Gasteiger partial charge in [0.15, 0.2) is 5.84 Å². The number of amidine groups is 1. The second-order valence-electron chi connectivity index (χ2n) is 5.22. The highest BCUT2D eigenvalue weighted by atomic mass is 19.1. The van der Waals surface area contributed by atoms with Gasteiger partial charge in [0.25, 0.3) is 0 Å². The average molecular weight is 341 g/mol. The Balaban J connectivity index is 1.92. The van der Waals surface area contributed by atoms with Crippen LogP contribution in [0.25, 0.3) is 0 Å². The Hall–Kier alpha value is -3.19. The fraction of sp³-hybridized carbons (Fsp3) is 0.111. The van der Waals surface area contributed by atoms with E-state index in [2.05, 4.69) is 15.5 Å². The second kappa shape index (κ2) is 7.59. The van der Waals surface area contributed by atoms with Gasteiger partial charge in [-0.15, -0.1) is 0 Å². The fourth-order valence-corrected chi connectivity index (χ4v) is 2.17. The maximum absolute atomic E-state index is 13.4. The van der Waals surface area contributed by atoms with Crippen molar-refractivity contribution in [3.63, 3.8) is 0 Å². The van der Waals surface area contributed by atoms with E-state index in [4.69, 9.17) is 9.15 Å². The molecule has 2 heterocycles. The number of benzene rings is 1. The molecular weight excluding hydrogens is 325 g/mol. The summed E-state index contributed by atoms with van der Waals surface area (Å²) in [6.07, 6.45) is 1.54. The minimum atomic E-state index is -0.418. The summed E-state index contributed by atoms with van der Waals surface area (Å²) < 4.78 is 24.3. The highest BCUT2D eigenvalue weighted by Crippen LogP contribution is 2.24. The van der Waals surface area contributed by atoms with E-state index in [-0.39, 0.29) is 18.3 Å². The van der Waals surface area contributed by atoms with E-state index in [9.17, 15) is 9.60 Å². The number of hydroxylamine groups is 1. The van der Waals surface area contributed by atoms with Crippen LogP contribution in [0.2, 0.25) is 0 Å². The lowest BCUT2D eigenvalue weighted by molar-refractivity contribution is 0.234. The lowest BCUT2D eigenvalue weighted by atomic mass is 10.2. The smallest absolute Gasteiger partial charge is 0.230 e. The van der Waals surface area contributed by atoms with Gasteiger partial charge in [-0.25, -0.2) is 9.37 Å². The number of aryl methyl sites for hydroxylation is 1. The molecular formula is C18H16FN3O3. The molecule has 0 saturated carbocycles. The Morgan fingerprint density at radius 1 is 1.28 bits per heavy atom. The van der Waals surface area contributed by atoms with E-state index < -0.39 is 5.82 Å². The van der Waals surface area contributed by atoms with Crippen LogP contribution in [0, 0.1) is 12.7 Å². The zero-order chi connectivity index (χ0) is 17.6. The van der Waals surface area contributed by atoms with Gasteiger partial charge < -0.3 is 9.15 Å². The normalized spacial score (nSPS) is 11.4. The monoisotopic (exact) mass is 341 g/mol. The van der Waals surface area contributed by atoms with Gasteiger partial charge in [0, 0.05) is 11.8 Å². The first-order valence-corrected chi connectivity index (χ1v) is 7.54. The van der Waals surface area contributed by atoms with Crippen molar-refractivity contribution in [2.45, 2.75) is 13.5 Å². The zero-order valence-corrected chi connectivity index (χ0v) is 13.4. The Morgan fingerprint density at radius 2 is 2.16 bits per heavy atom. The number of furan rings is 1. The number of hydrogen-bond donors (Lipinski definition) is 2. The quantitative estimate of drug-likeness (QED) is 0.419. The fourth-order valence-electron chi connectivity index (χ4n) is 2.17. The van der Waals surface area contributed by atoms with Crippen LogP contribution in [0.3, 0.4) is 0 Å². The topological polar surface area (TPSA) is 79.9 Å². The van der Waals surface area contributed by atoms with Crippen LogP contribution in [0.4, 0.5) is 4.39 Å². The number of halogens is 1. The SMILES string of the molecule is Cc1ccc(C(=NCc2ccco2)NO)c(Oc2cccc(F)c2)n1. The molecule has 0 saturated heterocycles. The van der Waals surface area contributed by atoms with Gasteiger partial charge in [-0.1, -0.05) is 6.07 Å². The van der Waals surface area contributed by atoms with Gasteiger partial charge in [-0.3, -0.25) is 15.7 Å². The molecule has 0 atom stereocenters. The molecule has 0 radical (unpaired) electrons. The molecule has 3 aromatic rings. The van der Waals surface area contributed by atoms with Gasteiger partial charge in [-0.2, -0.15) is 0 Å². The predicted molar refractivity (Wildman–Crippen MR) is 89.3 cm³/mol. The number of pyridine rings is 1. The summed E-state index contributed by atoms with van der Waals surface area (Å²) in [5, 5.41) is 9.46. The van der Waals surface area contributed by atoms with Gasteiger partial charge in [0.05, 0.1) is 18.4 Å². The van der Waals surface area contributed by atoms with Crippen LogP contribution in [0.1, 0.15) is 17.0 Å². The van der Waals surface area contributed by atoms with Crippen molar-refractivity contribution >= 4 is 5.84 Å². The van der Waals surface area contributed by atoms with E-state index in [1.165, 1.54) is 18.2 Å². The van der Waals surface area contributed by atoms with Crippen LogP contribution in [0.5, 0.6) is 11.6 Å². The molecule has 0 aliphatic carbocycles. The molecule has 0 spiro atoms. The van der Waals surface area contributed by atoms with Crippen molar-refractivity contribution in [2.75, 3.05) is 0 Å². The lowest BCUT2D eigenvalue weighted by Crippen LogP contribution is -2.21. The van der Waals surface area contributed by atoms with Crippen molar-refractivity contribution in [3.8, 4) is 11.6 Å². The van der Waals surface area contributed by atoms with Crippen molar-refractivity contribution < 1.29 is 18.8 Å². The summed E-state index contributed by atoms with van der Waals surface area (Å²) in [5.74, 6) is 0.877. The molecule has 6 nitrogen and oxygen atoms in total. The van der Waals surface area contributed by atoms with Crippen LogP contribution >= 0.6 is 0 Å². The average Bonchev–Trinajstić information content (AvgIpc) is 3.10. The zero-order valence-electron chi connectivity index (χ0n) is 13.4. The number of hydrogen-bond acceptors (Lipinski definition) is 5. The number of ether oxygens (including phenoxy) is 1. The van der Waals surface area contributed by atoms with Crippen LogP contribution in [-0.4, -0.2) is 16.0 Å². The molecule has 0 amide bonds. The molecule has 128 valence electrons. The molecule has 0 bridgehead atoms. The van der Waals surface area contributed by atoms with E-state index in [1.807, 2.05) is 0 Å². The Morgan fingerprint density at radius 3 is 2.88 bits per heavy atom. The van der Waals surface area contributed by atoms with Crippen molar-refractivity contribution in [3.05, 3.63) is 77.6 Å². The highest BCUT2D eigenvalue weighted by Gasteiger charge is 2.14. The summed E-state index contributed by atoms with van der Waals surface area (Å²) in [4.78, 5) is 8.58. The summed E-state index contributed by atoms with van der Waals surface area (Å²) in [6, 6.07) is 12.7. The number of rotatable bonds is 5. The summed E-state index contributed by atoms with van der Waals surface area (Å²) >= 11 is 0. The minimum Gasteiger partial charge on any atom is -0.467 e. The molecule has 25 heavy (non-hydrogen) atoms. The lowest BCUT2D eigenvalue weighted by Gasteiger charge is -2.12. The first kappa shape index (κ1) is 16.7. The molecule has 0 aliphatic rings. The van der Waals surface area contributed by atoms with E-state index >= 15 is 0 Å². The molecule has 1 aromatic carbocycles. The molecule has 7 heteroatoms. The molecule has 0 unspecified atom stereocenters. The van der Waals surface area contributed by atoms with Gasteiger partial charge in [0.1, 0.15) is 17.3 Å². The van der Waals surface area contributed by atoms with E-state index in [0.29, 0.717) is 22.8 Å². The number of nitrogens with one attached hydrogen (secondary N) is 1. The predicted octanol–water partition coefficient (Wildman–Crippen LogP) is 3.84. The molecule has 0 fully saturated rings. The Kier molecular flexibility index (Phi) is 5.06. The van der Waals surface area contributed by atoms with E-state index in [1.54, 1.807) is 43.5 Å². The first-order chi connectivity index (χ1) is 12.2. The summed E-state index contributed by atoms with van der Waals surface area (Å²) in [5.41, 5.74) is 3.19. The standard InChI is InChI=1S/C18H16FN3O3/c1-12-7-8-16(17(22-23)20-11-15-6-3-9-24-15)18(21-12)25-14-5-2-4-13(19)10-14/h2-10,23H,11H2,1H3,(H,20,22). The Labute approximate surface area is 143 Å². The summed E-state index contributed by atoms with van der Waals surface area (Å²) in [6.45, 7) is 2.03. The number of nitrogens with zero attached hydrogens (tertiary/aromatic N) is 2. The summed E-state index contributed by atoms with van der Waals surface area (Å²) in [7, 11) is 0. The third kappa shape index (κ3) is 4.21. The number of aliphatic imine (C=N–C) groups is 1. The molecule has 2 aromatic heterocycles. The van der Waals surface area contributed by atoms with E-state index in [0.717, 1.165) is 0 Å². The van der Waals surface area contributed by atoms with Crippen molar-refractivity contribution in [2.24, 2.45) is 4.99 Å². The van der Waals surface area contributed by atoms with Crippen molar-refractivity contribution in [1.82, 2.24) is 10.5 Å². The third-order valence-corrected chi connectivity index (χ3v) is 3.34. The van der Waals surface area contributed by atoms with Gasteiger partial charge in [-0.05, 0) is 43.3 Å². The third-order valence-electron chi connectivity index (χ3n) is 3.34. The highest BCUT2D eigenvalue weighted by molar-refractivity contribution is 6.00. The number of aromatic nitrogens is 1. The largest absolute Gasteiger partial charge is 0.467 e. The van der Waals surface area contributed by atoms with Gasteiger partial charge >= 0.3 is 0 Å². The maximum Gasteiger partial charge on any atom is 0.230 e. The van der Waals surface area contributed by atoms with Crippen LogP contribution < -0.4 is 10.2 Å². The minimum absolute atomic E-state index is 0.162. The molecule has 0 aliphatic heterocycles. The second-order valence-corrected chi connectivity index (χ2v) is 5.22. The first-order valence-electron chi connectivity index (χ1n) is 7.54. The van der Waals surface area contributed by atoms with Crippen LogP contribution in [0.15, 0.2) is 64.2 Å². The molecule has 2 N–H and O–H groups in total.